The molecule has 1 rings (SSSR count). The number of aliphatic hydroxyl groups excluding tert-OH is 1. The van der Waals surface area contributed by atoms with Crippen molar-refractivity contribution in [3.63, 3.8) is 0 Å². The summed E-state index contributed by atoms with van der Waals surface area (Å²) in [5, 5.41) is 20.5. The molecule has 0 radical (unpaired) electrons. The minimum Gasteiger partial charge on any atom is -0.388 e. The lowest BCUT2D eigenvalue weighted by atomic mass is 9.89. The molecule has 6 heteroatoms. The Bertz CT molecular complexity index is 173. The predicted molar refractivity (Wildman–Crippen MR) is 34.5 cm³/mol. The van der Waals surface area contributed by atoms with Gasteiger partial charge >= 0.3 is 6.18 Å². The molecule has 1 aliphatic heterocycles. The Morgan fingerprint density at radius 2 is 2.00 bits per heavy atom. The Kier molecular flexibility index (Phi) is 2.33. The van der Waals surface area contributed by atoms with Crippen LogP contribution in [-0.4, -0.2) is 41.2 Å². The Morgan fingerprint density at radius 1 is 1.42 bits per heavy atom. The summed E-state index contributed by atoms with van der Waals surface area (Å²) in [6, 6.07) is 0. The van der Waals surface area contributed by atoms with Gasteiger partial charge in [0.2, 0.25) is 0 Å². The molecule has 3 N–H and O–H groups in total. The number of rotatable bonds is 0. The van der Waals surface area contributed by atoms with Gasteiger partial charge in [0.1, 0.15) is 6.10 Å². The summed E-state index contributed by atoms with van der Waals surface area (Å²) in [7, 11) is 0. The van der Waals surface area contributed by atoms with E-state index in [1.807, 2.05) is 0 Å². The topological polar surface area (TPSA) is 52.5 Å². The largest absolute Gasteiger partial charge is 0.419 e. The van der Waals surface area contributed by atoms with E-state index in [1.165, 1.54) is 0 Å². The summed E-state index contributed by atoms with van der Waals surface area (Å²) in [6.07, 6.45) is -7.03. The zero-order valence-corrected chi connectivity index (χ0v) is 6.23. The zero-order chi connectivity index (χ0) is 9.41. The standard InChI is InChI=1S/C6H10F3NO2/c7-6(8,9)5(12)1-2-10-3-4(5)11/h4,10-12H,1-3H2/t4-,5+/m0/s1. The van der Waals surface area contributed by atoms with Gasteiger partial charge in [0.15, 0.2) is 5.60 Å². The highest BCUT2D eigenvalue weighted by atomic mass is 19.4. The van der Waals surface area contributed by atoms with Gasteiger partial charge in [-0.15, -0.1) is 0 Å². The normalized spacial score (nSPS) is 38.2. The Morgan fingerprint density at radius 3 is 2.33 bits per heavy atom. The van der Waals surface area contributed by atoms with Crippen molar-refractivity contribution in [2.75, 3.05) is 13.1 Å². The summed E-state index contributed by atoms with van der Waals surface area (Å²) in [6.45, 7) is -0.164. The van der Waals surface area contributed by atoms with Gasteiger partial charge in [0, 0.05) is 13.0 Å². The van der Waals surface area contributed by atoms with E-state index in [2.05, 4.69) is 5.32 Å². The minimum absolute atomic E-state index is 0.0626. The van der Waals surface area contributed by atoms with Gasteiger partial charge in [-0.05, 0) is 6.54 Å². The van der Waals surface area contributed by atoms with Crippen LogP contribution in [0.2, 0.25) is 0 Å². The van der Waals surface area contributed by atoms with Gasteiger partial charge in [-0.3, -0.25) is 0 Å². The number of piperidine rings is 1. The molecule has 0 aromatic heterocycles. The van der Waals surface area contributed by atoms with Crippen LogP contribution in [0.5, 0.6) is 0 Å². The van der Waals surface area contributed by atoms with E-state index in [9.17, 15) is 13.2 Å². The van der Waals surface area contributed by atoms with Gasteiger partial charge in [-0.1, -0.05) is 0 Å². The van der Waals surface area contributed by atoms with Crippen LogP contribution in [0.15, 0.2) is 0 Å². The SMILES string of the molecule is O[C@H]1CNCC[C@]1(O)C(F)(F)F. The monoisotopic (exact) mass is 185 g/mol. The molecule has 2 atom stereocenters. The number of aliphatic hydroxyl groups is 2. The summed E-state index contributed by atoms with van der Waals surface area (Å²) in [5.74, 6) is 0. The maximum atomic E-state index is 12.1. The van der Waals surface area contributed by atoms with Crippen molar-refractivity contribution in [1.82, 2.24) is 5.32 Å². The van der Waals surface area contributed by atoms with Crippen molar-refractivity contribution < 1.29 is 23.4 Å². The van der Waals surface area contributed by atoms with E-state index in [-0.39, 0.29) is 13.1 Å². The molecule has 0 spiro atoms. The van der Waals surface area contributed by atoms with Crippen molar-refractivity contribution in [1.29, 1.82) is 0 Å². The maximum Gasteiger partial charge on any atom is 0.419 e. The number of hydrogen-bond donors (Lipinski definition) is 3. The second kappa shape index (κ2) is 2.86. The number of alkyl halides is 3. The van der Waals surface area contributed by atoms with Crippen LogP contribution in [-0.2, 0) is 0 Å². The van der Waals surface area contributed by atoms with E-state index in [1.54, 1.807) is 0 Å². The van der Waals surface area contributed by atoms with Crippen molar-refractivity contribution in [3.8, 4) is 0 Å². The lowest BCUT2D eigenvalue weighted by Crippen LogP contribution is -2.62. The molecule has 0 saturated carbocycles. The molecule has 0 unspecified atom stereocenters. The van der Waals surface area contributed by atoms with Crippen molar-refractivity contribution in [3.05, 3.63) is 0 Å². The number of β-amino-alcohol motifs (C(OH)–C–C–N with tert-alkyl or cyclic N) is 1. The fraction of sp³-hybridized carbons (Fsp3) is 1.00. The van der Waals surface area contributed by atoms with Crippen molar-refractivity contribution in [2.45, 2.75) is 24.3 Å². The molecular formula is C6H10F3NO2. The van der Waals surface area contributed by atoms with Gasteiger partial charge < -0.3 is 15.5 Å². The lowest BCUT2D eigenvalue weighted by Gasteiger charge is -2.38. The number of halogens is 3. The van der Waals surface area contributed by atoms with Gasteiger partial charge in [-0.2, -0.15) is 13.2 Å². The van der Waals surface area contributed by atoms with Crippen LogP contribution in [0.25, 0.3) is 0 Å². The first-order valence-corrected chi connectivity index (χ1v) is 3.56. The quantitative estimate of drug-likeness (QED) is 0.483. The first-order valence-electron chi connectivity index (χ1n) is 3.56. The minimum atomic E-state index is -4.76. The predicted octanol–water partition coefficient (Wildman–Crippen LogP) is -0.366. The maximum absolute atomic E-state index is 12.1. The Balaban J connectivity index is 2.79. The van der Waals surface area contributed by atoms with E-state index >= 15 is 0 Å². The number of hydrogen-bond acceptors (Lipinski definition) is 3. The van der Waals surface area contributed by atoms with Crippen LogP contribution in [0, 0.1) is 0 Å². The average molecular weight is 185 g/mol. The molecule has 0 aromatic carbocycles. The highest BCUT2D eigenvalue weighted by molar-refractivity contribution is 4.97. The smallest absolute Gasteiger partial charge is 0.388 e. The summed E-state index contributed by atoms with van der Waals surface area (Å²) < 4.78 is 36.4. The first-order chi connectivity index (χ1) is 5.38. The lowest BCUT2D eigenvalue weighted by molar-refractivity contribution is -0.296. The van der Waals surface area contributed by atoms with Crippen molar-refractivity contribution in [2.24, 2.45) is 0 Å². The average Bonchev–Trinajstić information content (AvgIpc) is 1.93. The fourth-order valence-corrected chi connectivity index (χ4v) is 1.18. The van der Waals surface area contributed by atoms with Crippen LogP contribution < -0.4 is 5.32 Å². The van der Waals surface area contributed by atoms with Gasteiger partial charge in [0.05, 0.1) is 0 Å². The molecule has 0 aromatic rings. The van der Waals surface area contributed by atoms with Crippen LogP contribution in [0.4, 0.5) is 13.2 Å². The molecule has 1 aliphatic rings. The van der Waals surface area contributed by atoms with E-state index in [0.717, 1.165) is 0 Å². The molecule has 12 heavy (non-hydrogen) atoms. The van der Waals surface area contributed by atoms with E-state index < -0.39 is 24.3 Å². The molecule has 72 valence electrons. The third-order valence-electron chi connectivity index (χ3n) is 2.06. The molecule has 0 bridgehead atoms. The second-order valence-corrected chi connectivity index (χ2v) is 2.89. The Labute approximate surface area is 67.2 Å². The second-order valence-electron chi connectivity index (χ2n) is 2.89. The van der Waals surface area contributed by atoms with Crippen LogP contribution >= 0.6 is 0 Å². The highest BCUT2D eigenvalue weighted by Gasteiger charge is 2.58. The molecule has 3 nitrogen and oxygen atoms in total. The molecule has 0 amide bonds. The van der Waals surface area contributed by atoms with Crippen LogP contribution in [0.3, 0.4) is 0 Å². The fourth-order valence-electron chi connectivity index (χ4n) is 1.18. The molecule has 1 saturated heterocycles. The molecule has 1 fully saturated rings. The third kappa shape index (κ3) is 1.41. The molecular weight excluding hydrogens is 175 g/mol. The van der Waals surface area contributed by atoms with Gasteiger partial charge in [-0.25, -0.2) is 0 Å². The third-order valence-corrected chi connectivity index (χ3v) is 2.06. The first kappa shape index (κ1) is 9.76. The summed E-state index contributed by atoms with van der Waals surface area (Å²) in [5.41, 5.74) is -2.93. The summed E-state index contributed by atoms with van der Waals surface area (Å²) in [4.78, 5) is 0. The van der Waals surface area contributed by atoms with Crippen molar-refractivity contribution >= 4 is 0 Å². The Hall–Kier alpha value is -0.330. The van der Waals surface area contributed by atoms with Gasteiger partial charge in [0.25, 0.3) is 0 Å². The molecule has 1 heterocycles. The van der Waals surface area contributed by atoms with E-state index in [0.29, 0.717) is 0 Å². The van der Waals surface area contributed by atoms with E-state index in [4.69, 9.17) is 10.2 Å². The van der Waals surface area contributed by atoms with Crippen LogP contribution in [0.1, 0.15) is 6.42 Å². The highest BCUT2D eigenvalue weighted by Crippen LogP contribution is 2.36. The molecule has 0 aliphatic carbocycles. The zero-order valence-electron chi connectivity index (χ0n) is 6.23. The summed E-state index contributed by atoms with van der Waals surface area (Å²) >= 11 is 0. The number of nitrogens with one attached hydrogen (secondary N) is 1.